The summed E-state index contributed by atoms with van der Waals surface area (Å²) in [5, 5.41) is 3.79. The smallest absolute Gasteiger partial charge is 0.408 e. The molecule has 0 radical (unpaired) electrons. The van der Waals surface area contributed by atoms with Crippen molar-refractivity contribution in [3.63, 3.8) is 0 Å². The molecule has 3 aromatic rings. The number of rotatable bonds is 9. The molecule has 1 unspecified atom stereocenters. The molecule has 1 aliphatic heterocycles. The molecule has 41 heavy (non-hydrogen) atoms. The Kier molecular flexibility index (Phi) is 9.52. The van der Waals surface area contributed by atoms with Crippen LogP contribution in [0.5, 0.6) is 17.2 Å². The molecule has 1 amide bonds. The Morgan fingerprint density at radius 3 is 2.20 bits per heavy atom. The maximum atomic E-state index is 12.9. The Morgan fingerprint density at radius 1 is 0.951 bits per heavy atom. The normalized spacial score (nSPS) is 16.9. The number of halogens is 1. The van der Waals surface area contributed by atoms with Gasteiger partial charge >= 0.3 is 6.09 Å². The minimum Gasteiger partial charge on any atom is -0.489 e. The average molecular weight is 582 g/mol. The first-order chi connectivity index (χ1) is 19.4. The molecule has 1 atom stereocenters. The van der Waals surface area contributed by atoms with Gasteiger partial charge in [-0.15, -0.1) is 0 Å². The van der Waals surface area contributed by atoms with E-state index in [2.05, 4.69) is 12.2 Å². The lowest BCUT2D eigenvalue weighted by molar-refractivity contribution is -0.273. The molecule has 0 saturated carbocycles. The van der Waals surface area contributed by atoms with Gasteiger partial charge in [0, 0.05) is 17.0 Å². The van der Waals surface area contributed by atoms with E-state index in [0.717, 1.165) is 17.5 Å². The summed E-state index contributed by atoms with van der Waals surface area (Å²) in [6, 6.07) is 23.0. The van der Waals surface area contributed by atoms with Crippen molar-refractivity contribution in [1.29, 1.82) is 0 Å². The van der Waals surface area contributed by atoms with Crippen molar-refractivity contribution in [3.8, 4) is 17.2 Å². The van der Waals surface area contributed by atoms with Gasteiger partial charge in [0.25, 0.3) is 0 Å². The standard InChI is InChI=1S/C33H40ClNO6/c1-7-29(33(21-38-32(5,6)39-22-33)35-30(36)41-31(2,3)4)24-13-17-26(18-14-24)40-28-10-8-9-27(19-28)37-20-23-11-15-25(34)16-12-23/h8-19,29H,7,20-22H2,1-6H3,(H,35,36). The molecule has 1 N–H and O–H groups in total. The molecule has 4 rings (SSSR count). The molecule has 8 heteroatoms. The van der Waals surface area contributed by atoms with Crippen LogP contribution in [0, 0.1) is 0 Å². The van der Waals surface area contributed by atoms with Crippen LogP contribution >= 0.6 is 11.6 Å². The van der Waals surface area contributed by atoms with Crippen LogP contribution in [0.15, 0.2) is 72.8 Å². The van der Waals surface area contributed by atoms with E-state index in [1.165, 1.54) is 0 Å². The van der Waals surface area contributed by atoms with Crippen LogP contribution in [0.2, 0.25) is 5.02 Å². The first kappa shape index (κ1) is 30.7. The molecule has 1 heterocycles. The molecule has 0 spiro atoms. The third-order valence-corrected chi connectivity index (χ3v) is 7.07. The third-order valence-electron chi connectivity index (χ3n) is 6.82. The maximum absolute atomic E-state index is 12.9. The van der Waals surface area contributed by atoms with Gasteiger partial charge in [0.05, 0.1) is 18.8 Å². The Labute approximate surface area is 248 Å². The van der Waals surface area contributed by atoms with Gasteiger partial charge in [0.15, 0.2) is 5.79 Å². The van der Waals surface area contributed by atoms with Gasteiger partial charge < -0.3 is 29.0 Å². The van der Waals surface area contributed by atoms with Crippen molar-refractivity contribution in [3.05, 3.63) is 88.9 Å². The van der Waals surface area contributed by atoms with Gasteiger partial charge in [-0.2, -0.15) is 0 Å². The molecular weight excluding hydrogens is 542 g/mol. The molecule has 1 saturated heterocycles. The highest BCUT2D eigenvalue weighted by Gasteiger charge is 2.47. The largest absolute Gasteiger partial charge is 0.489 e. The summed E-state index contributed by atoms with van der Waals surface area (Å²) in [6.07, 6.45) is 0.247. The zero-order chi connectivity index (χ0) is 29.7. The summed E-state index contributed by atoms with van der Waals surface area (Å²) >= 11 is 5.97. The van der Waals surface area contributed by atoms with Gasteiger partial charge in [-0.05, 0) is 88.6 Å². The molecule has 1 fully saturated rings. The zero-order valence-electron chi connectivity index (χ0n) is 24.7. The predicted octanol–water partition coefficient (Wildman–Crippen LogP) is 8.25. The molecule has 0 aromatic heterocycles. The number of hydrogen-bond acceptors (Lipinski definition) is 6. The van der Waals surface area contributed by atoms with Crippen molar-refractivity contribution in [2.45, 2.75) is 77.4 Å². The third kappa shape index (κ3) is 8.62. The highest BCUT2D eigenvalue weighted by atomic mass is 35.5. The number of benzene rings is 3. The second kappa shape index (κ2) is 12.7. The molecule has 7 nitrogen and oxygen atoms in total. The Morgan fingerprint density at radius 2 is 1.59 bits per heavy atom. The minimum atomic E-state index is -0.801. The van der Waals surface area contributed by atoms with Crippen molar-refractivity contribution in [1.82, 2.24) is 5.32 Å². The van der Waals surface area contributed by atoms with E-state index < -0.39 is 23.0 Å². The van der Waals surface area contributed by atoms with Gasteiger partial charge in [0.2, 0.25) is 0 Å². The lowest BCUT2D eigenvalue weighted by Crippen LogP contribution is -2.64. The van der Waals surface area contributed by atoms with Crippen molar-refractivity contribution in [2.75, 3.05) is 13.2 Å². The van der Waals surface area contributed by atoms with E-state index in [1.54, 1.807) is 0 Å². The van der Waals surface area contributed by atoms with Crippen LogP contribution < -0.4 is 14.8 Å². The van der Waals surface area contributed by atoms with Crippen LogP contribution in [-0.4, -0.2) is 36.2 Å². The topological polar surface area (TPSA) is 75.3 Å². The molecule has 1 aliphatic rings. The van der Waals surface area contributed by atoms with Crippen LogP contribution in [-0.2, 0) is 20.8 Å². The van der Waals surface area contributed by atoms with Crippen molar-refractivity contribution >= 4 is 17.7 Å². The number of carbonyl (C=O) groups excluding carboxylic acids is 1. The monoisotopic (exact) mass is 581 g/mol. The highest BCUT2D eigenvalue weighted by Crippen LogP contribution is 2.38. The highest BCUT2D eigenvalue weighted by molar-refractivity contribution is 6.30. The van der Waals surface area contributed by atoms with E-state index in [1.807, 2.05) is 107 Å². The van der Waals surface area contributed by atoms with E-state index in [0.29, 0.717) is 42.1 Å². The lowest BCUT2D eigenvalue weighted by Gasteiger charge is -2.47. The summed E-state index contributed by atoms with van der Waals surface area (Å²) in [5.41, 5.74) is 0.630. The van der Waals surface area contributed by atoms with Crippen LogP contribution in [0.1, 0.15) is 65.0 Å². The zero-order valence-corrected chi connectivity index (χ0v) is 25.4. The lowest BCUT2D eigenvalue weighted by atomic mass is 9.77. The average Bonchev–Trinajstić information content (AvgIpc) is 2.91. The maximum Gasteiger partial charge on any atom is 0.408 e. The fourth-order valence-corrected chi connectivity index (χ4v) is 4.91. The van der Waals surface area contributed by atoms with Gasteiger partial charge in [-0.25, -0.2) is 4.79 Å². The number of carbonyl (C=O) groups is 1. The number of ether oxygens (including phenoxy) is 5. The van der Waals surface area contributed by atoms with E-state index in [-0.39, 0.29) is 5.92 Å². The van der Waals surface area contributed by atoms with Gasteiger partial charge in [-0.1, -0.05) is 48.9 Å². The summed E-state index contributed by atoms with van der Waals surface area (Å²) in [7, 11) is 0. The number of nitrogens with one attached hydrogen (secondary N) is 1. The Balaban J connectivity index is 1.47. The van der Waals surface area contributed by atoms with Gasteiger partial charge in [0.1, 0.15) is 29.5 Å². The Hall–Kier alpha value is -3.26. The van der Waals surface area contributed by atoms with Crippen LogP contribution in [0.3, 0.4) is 0 Å². The predicted molar refractivity (Wildman–Crippen MR) is 160 cm³/mol. The van der Waals surface area contributed by atoms with E-state index in [9.17, 15) is 4.79 Å². The molecule has 3 aromatic carbocycles. The molecule has 0 bridgehead atoms. The molecule has 220 valence electrons. The summed E-state index contributed by atoms with van der Waals surface area (Å²) in [5.74, 6) is 1.23. The SMILES string of the molecule is CCC(c1ccc(Oc2cccc(OCc3ccc(Cl)cc3)c2)cc1)C1(NC(=O)OC(C)(C)C)COC(C)(C)OC1. The van der Waals surface area contributed by atoms with E-state index >= 15 is 0 Å². The molecule has 0 aliphatic carbocycles. The van der Waals surface area contributed by atoms with Gasteiger partial charge in [-0.3, -0.25) is 0 Å². The quantitative estimate of drug-likeness (QED) is 0.274. The first-order valence-electron chi connectivity index (χ1n) is 13.9. The Bertz CT molecular complexity index is 1290. The van der Waals surface area contributed by atoms with Crippen molar-refractivity contribution in [2.24, 2.45) is 0 Å². The number of alkyl carbamates (subject to hydrolysis) is 1. The summed E-state index contributed by atoms with van der Waals surface area (Å²) in [6.45, 7) is 12.4. The fraction of sp³-hybridized carbons (Fsp3) is 0.424. The molecular formula is C33H40ClNO6. The minimum absolute atomic E-state index is 0.0928. The van der Waals surface area contributed by atoms with Crippen molar-refractivity contribution < 1.29 is 28.5 Å². The second-order valence-electron chi connectivity index (χ2n) is 11.8. The number of amides is 1. The van der Waals surface area contributed by atoms with Crippen LogP contribution in [0.25, 0.3) is 0 Å². The summed E-state index contributed by atoms with van der Waals surface area (Å²) < 4.78 is 29.8. The summed E-state index contributed by atoms with van der Waals surface area (Å²) in [4.78, 5) is 12.9. The van der Waals surface area contributed by atoms with E-state index in [4.69, 9.17) is 35.3 Å². The van der Waals surface area contributed by atoms with Crippen LogP contribution in [0.4, 0.5) is 4.79 Å². The second-order valence-corrected chi connectivity index (χ2v) is 12.2. The first-order valence-corrected chi connectivity index (χ1v) is 14.3. The fourth-order valence-electron chi connectivity index (χ4n) is 4.78. The number of hydrogen-bond donors (Lipinski definition) is 1.